The topological polar surface area (TPSA) is 30.5 Å². The first-order valence-electron chi connectivity index (χ1n) is 6.44. The summed E-state index contributed by atoms with van der Waals surface area (Å²) in [6.07, 6.45) is -4.35. The fourth-order valence-corrected chi connectivity index (χ4v) is 2.07. The zero-order valence-corrected chi connectivity index (χ0v) is 11.5. The lowest BCUT2D eigenvalue weighted by Crippen LogP contribution is -2.19. The molecule has 2 aromatic rings. The Morgan fingerprint density at radius 1 is 1.10 bits per heavy atom. The SMILES string of the molecule is CNCc1c(OCOCC(F)(F)F)ccc2ccccc12. The molecule has 0 saturated heterocycles. The average Bonchev–Trinajstić information content (AvgIpc) is 2.44. The Hall–Kier alpha value is -1.79. The Kier molecular flexibility index (Phi) is 5.03. The van der Waals surface area contributed by atoms with Crippen LogP contribution in [-0.2, 0) is 11.3 Å². The quantitative estimate of drug-likeness (QED) is 0.654. The van der Waals surface area contributed by atoms with Crippen LogP contribution in [0.2, 0.25) is 0 Å². The summed E-state index contributed by atoms with van der Waals surface area (Å²) in [4.78, 5) is 0. The van der Waals surface area contributed by atoms with Crippen LogP contribution < -0.4 is 10.1 Å². The molecule has 0 bridgehead atoms. The lowest BCUT2D eigenvalue weighted by Gasteiger charge is -2.14. The smallest absolute Gasteiger partial charge is 0.411 e. The molecule has 0 heterocycles. The minimum Gasteiger partial charge on any atom is -0.467 e. The van der Waals surface area contributed by atoms with Crippen molar-refractivity contribution >= 4 is 10.8 Å². The molecule has 2 aromatic carbocycles. The number of alkyl halides is 3. The number of nitrogens with one attached hydrogen (secondary N) is 1. The molecule has 6 heteroatoms. The van der Waals surface area contributed by atoms with Crippen molar-refractivity contribution in [3.63, 3.8) is 0 Å². The van der Waals surface area contributed by atoms with Crippen molar-refractivity contribution in [2.45, 2.75) is 12.7 Å². The number of hydrogen-bond donors (Lipinski definition) is 1. The summed E-state index contributed by atoms with van der Waals surface area (Å²) in [5.41, 5.74) is 0.895. The van der Waals surface area contributed by atoms with Crippen molar-refractivity contribution in [1.29, 1.82) is 0 Å². The maximum atomic E-state index is 12.0. The molecule has 21 heavy (non-hydrogen) atoms. The summed E-state index contributed by atoms with van der Waals surface area (Å²) in [5, 5.41) is 5.08. The van der Waals surface area contributed by atoms with Gasteiger partial charge in [0.05, 0.1) is 0 Å². The minimum atomic E-state index is -4.35. The summed E-state index contributed by atoms with van der Waals surface area (Å²) >= 11 is 0. The maximum absolute atomic E-state index is 12.0. The molecular formula is C15H16F3NO2. The highest BCUT2D eigenvalue weighted by atomic mass is 19.4. The van der Waals surface area contributed by atoms with E-state index in [2.05, 4.69) is 10.1 Å². The van der Waals surface area contributed by atoms with Crippen molar-refractivity contribution in [3.8, 4) is 5.75 Å². The summed E-state index contributed by atoms with van der Waals surface area (Å²) in [6, 6.07) is 11.4. The van der Waals surface area contributed by atoms with Gasteiger partial charge in [0.25, 0.3) is 0 Å². The number of ether oxygens (including phenoxy) is 2. The predicted molar refractivity (Wildman–Crippen MR) is 74.2 cm³/mol. The van der Waals surface area contributed by atoms with E-state index in [1.807, 2.05) is 30.3 Å². The van der Waals surface area contributed by atoms with Crippen LogP contribution in [0.25, 0.3) is 10.8 Å². The molecule has 0 aromatic heterocycles. The van der Waals surface area contributed by atoms with Crippen molar-refractivity contribution in [1.82, 2.24) is 5.32 Å². The van der Waals surface area contributed by atoms with Crippen LogP contribution in [0.4, 0.5) is 13.2 Å². The van der Waals surface area contributed by atoms with E-state index in [4.69, 9.17) is 4.74 Å². The van der Waals surface area contributed by atoms with E-state index in [-0.39, 0.29) is 0 Å². The molecule has 0 unspecified atom stereocenters. The van der Waals surface area contributed by atoms with Gasteiger partial charge in [0, 0.05) is 12.1 Å². The third-order valence-electron chi connectivity index (χ3n) is 2.91. The van der Waals surface area contributed by atoms with E-state index in [1.54, 1.807) is 13.1 Å². The van der Waals surface area contributed by atoms with E-state index >= 15 is 0 Å². The molecule has 114 valence electrons. The second kappa shape index (κ2) is 6.78. The van der Waals surface area contributed by atoms with Crippen LogP contribution in [0.15, 0.2) is 36.4 Å². The van der Waals surface area contributed by atoms with Gasteiger partial charge in [-0.05, 0) is 23.9 Å². The summed E-state index contributed by atoms with van der Waals surface area (Å²) < 4.78 is 45.8. The molecule has 0 amide bonds. The number of rotatable bonds is 6. The molecule has 0 atom stereocenters. The zero-order chi connectivity index (χ0) is 15.3. The van der Waals surface area contributed by atoms with Crippen molar-refractivity contribution in [3.05, 3.63) is 42.0 Å². The first-order chi connectivity index (χ1) is 10.0. The number of benzene rings is 2. The normalized spacial score (nSPS) is 11.8. The fourth-order valence-electron chi connectivity index (χ4n) is 2.07. The number of fused-ring (bicyclic) bond motifs is 1. The van der Waals surface area contributed by atoms with Gasteiger partial charge in [-0.25, -0.2) is 0 Å². The van der Waals surface area contributed by atoms with Gasteiger partial charge in [0.15, 0.2) is 6.79 Å². The molecule has 0 aliphatic carbocycles. The zero-order valence-electron chi connectivity index (χ0n) is 11.5. The van der Waals surface area contributed by atoms with Crippen molar-refractivity contribution < 1.29 is 22.6 Å². The van der Waals surface area contributed by atoms with Gasteiger partial charge in [-0.2, -0.15) is 13.2 Å². The monoisotopic (exact) mass is 299 g/mol. The minimum absolute atomic E-state index is 0.436. The van der Waals surface area contributed by atoms with Gasteiger partial charge >= 0.3 is 6.18 Å². The lowest BCUT2D eigenvalue weighted by molar-refractivity contribution is -0.186. The van der Waals surface area contributed by atoms with Gasteiger partial charge in [0.1, 0.15) is 12.4 Å². The molecular weight excluding hydrogens is 283 g/mol. The largest absolute Gasteiger partial charge is 0.467 e. The Morgan fingerprint density at radius 3 is 2.57 bits per heavy atom. The number of hydrogen-bond acceptors (Lipinski definition) is 3. The maximum Gasteiger partial charge on any atom is 0.411 e. The second-order valence-electron chi connectivity index (χ2n) is 4.52. The molecule has 2 rings (SSSR count). The van der Waals surface area contributed by atoms with Gasteiger partial charge < -0.3 is 14.8 Å². The first-order valence-corrected chi connectivity index (χ1v) is 6.44. The van der Waals surface area contributed by atoms with Crippen LogP contribution >= 0.6 is 0 Å². The van der Waals surface area contributed by atoms with Crippen LogP contribution in [0.5, 0.6) is 5.75 Å². The Bertz CT molecular complexity index is 599. The third kappa shape index (κ3) is 4.34. The third-order valence-corrected chi connectivity index (χ3v) is 2.91. The van der Waals surface area contributed by atoms with E-state index in [9.17, 15) is 13.2 Å². The van der Waals surface area contributed by atoms with Crippen LogP contribution in [0.1, 0.15) is 5.56 Å². The summed E-state index contributed by atoms with van der Waals surface area (Å²) in [7, 11) is 1.80. The van der Waals surface area contributed by atoms with Crippen LogP contribution in [-0.4, -0.2) is 26.6 Å². The molecule has 0 fully saturated rings. The average molecular weight is 299 g/mol. The molecule has 0 spiro atoms. The van der Waals surface area contributed by atoms with Gasteiger partial charge in [-0.1, -0.05) is 30.3 Å². The molecule has 0 radical (unpaired) electrons. The van der Waals surface area contributed by atoms with Crippen LogP contribution in [0.3, 0.4) is 0 Å². The first kappa shape index (κ1) is 15.6. The van der Waals surface area contributed by atoms with Crippen molar-refractivity contribution in [2.75, 3.05) is 20.4 Å². The predicted octanol–water partition coefficient (Wildman–Crippen LogP) is 3.47. The standard InChI is InChI=1S/C15H16F3NO2/c1-19-8-13-12-5-3-2-4-11(12)6-7-14(13)21-10-20-9-15(16,17)18/h2-7,19H,8-10H2,1H3. The van der Waals surface area contributed by atoms with Crippen molar-refractivity contribution in [2.24, 2.45) is 0 Å². The van der Waals surface area contributed by atoms with Gasteiger partial charge in [-0.15, -0.1) is 0 Å². The molecule has 0 saturated carbocycles. The van der Waals surface area contributed by atoms with Gasteiger partial charge in [-0.3, -0.25) is 0 Å². The van der Waals surface area contributed by atoms with Crippen LogP contribution in [0, 0.1) is 0 Å². The highest BCUT2D eigenvalue weighted by molar-refractivity contribution is 5.87. The number of halogens is 3. The fraction of sp³-hybridized carbons (Fsp3) is 0.333. The second-order valence-corrected chi connectivity index (χ2v) is 4.52. The Morgan fingerprint density at radius 2 is 1.86 bits per heavy atom. The summed E-state index contributed by atoms with van der Waals surface area (Å²) in [5.74, 6) is 0.519. The van der Waals surface area contributed by atoms with E-state index in [1.165, 1.54) is 0 Å². The molecule has 0 aliphatic rings. The molecule has 0 aliphatic heterocycles. The summed E-state index contributed by atoms with van der Waals surface area (Å²) in [6.45, 7) is -1.20. The Labute approximate surface area is 120 Å². The van der Waals surface area contributed by atoms with E-state index in [0.717, 1.165) is 16.3 Å². The lowest BCUT2D eigenvalue weighted by atomic mass is 10.0. The highest BCUT2D eigenvalue weighted by Crippen LogP contribution is 2.28. The van der Waals surface area contributed by atoms with E-state index in [0.29, 0.717) is 12.3 Å². The Balaban J connectivity index is 2.13. The highest BCUT2D eigenvalue weighted by Gasteiger charge is 2.27. The molecule has 3 nitrogen and oxygen atoms in total. The van der Waals surface area contributed by atoms with Gasteiger partial charge in [0.2, 0.25) is 0 Å². The van der Waals surface area contributed by atoms with E-state index < -0.39 is 19.6 Å². The molecule has 1 N–H and O–H groups in total.